The topological polar surface area (TPSA) is 107 Å². The lowest BCUT2D eigenvalue weighted by Crippen LogP contribution is -2.42. The summed E-state index contributed by atoms with van der Waals surface area (Å²) >= 11 is 0. The number of benzene rings is 1. The monoisotopic (exact) mass is 514 g/mol. The third kappa shape index (κ3) is 7.56. The zero-order valence-electron chi connectivity index (χ0n) is 17.7. The number of guanidine groups is 1. The minimum Gasteiger partial charge on any atom is -0.484 e. The molecule has 0 radical (unpaired) electrons. The molecule has 9 heteroatoms. The van der Waals surface area contributed by atoms with Crippen molar-refractivity contribution in [3.8, 4) is 5.75 Å². The molecule has 0 bridgehead atoms. The Morgan fingerprint density at radius 1 is 1.38 bits per heavy atom. The molecule has 1 atom stereocenters. The van der Waals surface area contributed by atoms with Gasteiger partial charge in [-0.3, -0.25) is 14.5 Å². The van der Waals surface area contributed by atoms with Gasteiger partial charge in [0.05, 0.1) is 5.69 Å². The van der Waals surface area contributed by atoms with E-state index in [2.05, 4.69) is 34.6 Å². The third-order valence-corrected chi connectivity index (χ3v) is 4.52. The van der Waals surface area contributed by atoms with E-state index in [1.54, 1.807) is 13.1 Å². The molecule has 2 aromatic rings. The van der Waals surface area contributed by atoms with Crippen molar-refractivity contribution in [3.63, 3.8) is 0 Å². The predicted octanol–water partition coefficient (Wildman–Crippen LogP) is 1.82. The fourth-order valence-electron chi connectivity index (χ4n) is 2.98. The maximum Gasteiger partial charge on any atom is 0.255 e. The number of carbonyl (C=O) groups is 1. The molecule has 29 heavy (non-hydrogen) atoms. The van der Waals surface area contributed by atoms with Crippen LogP contribution in [-0.2, 0) is 24.8 Å². The summed E-state index contributed by atoms with van der Waals surface area (Å²) < 4.78 is 7.25. The van der Waals surface area contributed by atoms with E-state index in [0.29, 0.717) is 12.3 Å². The number of aryl methyl sites for hydroxylation is 2. The molecular weight excluding hydrogens is 483 g/mol. The van der Waals surface area contributed by atoms with Crippen LogP contribution >= 0.6 is 24.0 Å². The van der Waals surface area contributed by atoms with Crippen LogP contribution in [0.15, 0.2) is 29.3 Å². The highest BCUT2D eigenvalue weighted by atomic mass is 127. The van der Waals surface area contributed by atoms with Crippen molar-refractivity contribution in [2.75, 3.05) is 13.7 Å². The van der Waals surface area contributed by atoms with Crippen molar-refractivity contribution in [2.45, 2.75) is 39.8 Å². The van der Waals surface area contributed by atoms with Gasteiger partial charge in [0.1, 0.15) is 5.75 Å². The van der Waals surface area contributed by atoms with E-state index in [-0.39, 0.29) is 36.6 Å². The average molecular weight is 514 g/mol. The SMILES string of the molecule is CN=C(NCc1cccc(OCC(N)=O)c1)NC(C)Cc1c(C)nn(C)c1C.I. The predicted molar refractivity (Wildman–Crippen MR) is 126 cm³/mol. The number of amides is 1. The first-order valence-electron chi connectivity index (χ1n) is 9.26. The van der Waals surface area contributed by atoms with Gasteiger partial charge in [-0.15, -0.1) is 24.0 Å². The smallest absolute Gasteiger partial charge is 0.255 e. The summed E-state index contributed by atoms with van der Waals surface area (Å²) in [4.78, 5) is 15.1. The molecule has 4 N–H and O–H groups in total. The number of primary amides is 1. The molecule has 0 fully saturated rings. The van der Waals surface area contributed by atoms with Crippen LogP contribution in [0.4, 0.5) is 0 Å². The Bertz CT molecular complexity index is 849. The fraction of sp³-hybridized carbons (Fsp3) is 0.450. The zero-order chi connectivity index (χ0) is 20.7. The number of rotatable bonds is 8. The van der Waals surface area contributed by atoms with Crippen LogP contribution in [-0.4, -0.2) is 41.3 Å². The van der Waals surface area contributed by atoms with Crippen LogP contribution in [0.1, 0.15) is 29.4 Å². The Balaban J connectivity index is 0.00000420. The molecule has 1 aromatic heterocycles. The lowest BCUT2D eigenvalue weighted by Gasteiger charge is -2.18. The van der Waals surface area contributed by atoms with Crippen molar-refractivity contribution < 1.29 is 9.53 Å². The van der Waals surface area contributed by atoms with Crippen LogP contribution in [0.3, 0.4) is 0 Å². The highest BCUT2D eigenvalue weighted by Crippen LogP contribution is 2.15. The Morgan fingerprint density at radius 3 is 2.69 bits per heavy atom. The molecule has 0 saturated heterocycles. The normalized spacial score (nSPS) is 12.1. The molecule has 0 aliphatic carbocycles. The van der Waals surface area contributed by atoms with E-state index in [0.717, 1.165) is 23.6 Å². The molecule has 0 spiro atoms. The van der Waals surface area contributed by atoms with Crippen molar-refractivity contribution in [1.29, 1.82) is 0 Å². The Morgan fingerprint density at radius 2 is 2.10 bits per heavy atom. The number of nitrogens with zero attached hydrogens (tertiary/aromatic N) is 3. The van der Waals surface area contributed by atoms with Crippen molar-refractivity contribution in [1.82, 2.24) is 20.4 Å². The van der Waals surface area contributed by atoms with Gasteiger partial charge in [0.25, 0.3) is 5.91 Å². The first-order valence-corrected chi connectivity index (χ1v) is 9.26. The third-order valence-electron chi connectivity index (χ3n) is 4.52. The van der Waals surface area contributed by atoms with Gasteiger partial charge in [0, 0.05) is 32.4 Å². The van der Waals surface area contributed by atoms with Crippen molar-refractivity contribution in [2.24, 2.45) is 17.8 Å². The van der Waals surface area contributed by atoms with Crippen LogP contribution in [0.5, 0.6) is 5.75 Å². The van der Waals surface area contributed by atoms with Gasteiger partial charge in [0.2, 0.25) is 0 Å². The van der Waals surface area contributed by atoms with Crippen molar-refractivity contribution in [3.05, 3.63) is 46.8 Å². The summed E-state index contributed by atoms with van der Waals surface area (Å²) in [5, 5.41) is 11.2. The van der Waals surface area contributed by atoms with Gasteiger partial charge in [-0.25, -0.2) is 0 Å². The quantitative estimate of drug-likeness (QED) is 0.283. The van der Waals surface area contributed by atoms with Gasteiger partial charge >= 0.3 is 0 Å². The van der Waals surface area contributed by atoms with E-state index in [1.165, 1.54) is 11.3 Å². The molecule has 0 aliphatic rings. The van der Waals surface area contributed by atoms with Gasteiger partial charge in [-0.05, 0) is 50.5 Å². The number of hydrogen-bond donors (Lipinski definition) is 3. The number of nitrogens with one attached hydrogen (secondary N) is 2. The van der Waals surface area contributed by atoms with Gasteiger partial charge in [-0.1, -0.05) is 12.1 Å². The summed E-state index contributed by atoms with van der Waals surface area (Å²) in [6.45, 7) is 6.69. The standard InChI is InChI=1S/C20H30N6O2.HI/c1-13(9-18-14(2)25-26(5)15(18)3)24-20(22-4)23-11-16-7-6-8-17(10-16)28-12-19(21)27;/h6-8,10,13H,9,11-12H2,1-5H3,(H2,21,27)(H2,22,23,24);1H. The number of aliphatic imine (C=N–C) groups is 1. The lowest BCUT2D eigenvalue weighted by molar-refractivity contribution is -0.119. The summed E-state index contributed by atoms with van der Waals surface area (Å²) in [6.07, 6.45) is 0.864. The minimum absolute atomic E-state index is 0. The number of carbonyl (C=O) groups excluding carboxylic acids is 1. The highest BCUT2D eigenvalue weighted by molar-refractivity contribution is 14.0. The Labute approximate surface area is 189 Å². The summed E-state index contributed by atoms with van der Waals surface area (Å²) in [5.74, 6) is 0.827. The van der Waals surface area contributed by atoms with E-state index in [1.807, 2.05) is 36.9 Å². The molecule has 0 aliphatic heterocycles. The summed E-state index contributed by atoms with van der Waals surface area (Å²) in [6, 6.07) is 7.70. The molecule has 160 valence electrons. The van der Waals surface area contributed by atoms with E-state index in [4.69, 9.17) is 10.5 Å². The molecular formula is C20H31IN6O2. The summed E-state index contributed by atoms with van der Waals surface area (Å²) in [7, 11) is 3.71. The van der Waals surface area contributed by atoms with Gasteiger partial charge in [0.15, 0.2) is 12.6 Å². The van der Waals surface area contributed by atoms with Crippen LogP contribution in [0, 0.1) is 13.8 Å². The Kier molecular flexibility index (Phi) is 9.93. The molecule has 1 unspecified atom stereocenters. The second kappa shape index (κ2) is 11.6. The number of hydrogen-bond acceptors (Lipinski definition) is 4. The molecule has 0 saturated carbocycles. The average Bonchev–Trinajstić information content (AvgIpc) is 2.89. The molecule has 1 heterocycles. The van der Waals surface area contributed by atoms with E-state index in [9.17, 15) is 4.79 Å². The minimum atomic E-state index is -0.499. The van der Waals surface area contributed by atoms with Crippen molar-refractivity contribution >= 4 is 35.8 Å². The largest absolute Gasteiger partial charge is 0.484 e. The maximum atomic E-state index is 10.8. The van der Waals surface area contributed by atoms with Gasteiger partial charge < -0.3 is 21.1 Å². The number of nitrogens with two attached hydrogens (primary N) is 1. The first kappa shape index (κ1) is 24.7. The molecule has 1 amide bonds. The maximum absolute atomic E-state index is 10.8. The lowest BCUT2D eigenvalue weighted by atomic mass is 10.1. The Hall–Kier alpha value is -2.30. The van der Waals surface area contributed by atoms with Gasteiger partial charge in [-0.2, -0.15) is 5.10 Å². The first-order chi connectivity index (χ1) is 13.3. The molecule has 8 nitrogen and oxygen atoms in total. The number of aromatic nitrogens is 2. The highest BCUT2D eigenvalue weighted by Gasteiger charge is 2.14. The van der Waals surface area contributed by atoms with E-state index < -0.39 is 5.91 Å². The summed E-state index contributed by atoms with van der Waals surface area (Å²) in [5.41, 5.74) is 9.62. The second-order valence-electron chi connectivity index (χ2n) is 6.85. The second-order valence-corrected chi connectivity index (χ2v) is 6.85. The molecule has 2 rings (SSSR count). The van der Waals surface area contributed by atoms with E-state index >= 15 is 0 Å². The number of ether oxygens (including phenoxy) is 1. The number of halogens is 1. The van der Waals surface area contributed by atoms with Crippen LogP contribution in [0.25, 0.3) is 0 Å². The van der Waals surface area contributed by atoms with Crippen LogP contribution < -0.4 is 21.1 Å². The fourth-order valence-corrected chi connectivity index (χ4v) is 2.98. The zero-order valence-corrected chi connectivity index (χ0v) is 20.0. The van der Waals surface area contributed by atoms with Crippen LogP contribution in [0.2, 0.25) is 0 Å². The molecule has 1 aromatic carbocycles.